The number of hydrogen-bond donors (Lipinski definition) is 2. The molecule has 2 N–H and O–H groups in total. The van der Waals surface area contributed by atoms with Crippen LogP contribution in [0.3, 0.4) is 0 Å². The van der Waals surface area contributed by atoms with E-state index >= 15 is 0 Å². The molecule has 6 nitrogen and oxygen atoms in total. The minimum atomic E-state index is -1.17. The van der Waals surface area contributed by atoms with Crippen molar-refractivity contribution in [3.63, 3.8) is 0 Å². The molecule has 0 radical (unpaired) electrons. The second-order valence-electron chi connectivity index (χ2n) is 9.37. The van der Waals surface area contributed by atoms with Gasteiger partial charge in [-0.2, -0.15) is 5.26 Å². The molecule has 1 aliphatic rings. The summed E-state index contributed by atoms with van der Waals surface area (Å²) in [6.45, 7) is 6.91. The smallest absolute Gasteiger partial charge is 0.322 e. The predicted octanol–water partition coefficient (Wildman–Crippen LogP) is 5.23. The number of nitrogens with zero attached hydrogens (tertiary/aromatic N) is 3. The van der Waals surface area contributed by atoms with Crippen LogP contribution >= 0.6 is 0 Å². The highest BCUT2D eigenvalue weighted by Crippen LogP contribution is 2.29. The molecule has 0 aliphatic carbocycles. The van der Waals surface area contributed by atoms with Crippen LogP contribution in [-0.4, -0.2) is 53.2 Å². The lowest BCUT2D eigenvalue weighted by molar-refractivity contribution is 0.0368. The van der Waals surface area contributed by atoms with Gasteiger partial charge in [0.05, 0.1) is 17.2 Å². The van der Waals surface area contributed by atoms with Gasteiger partial charge in [-0.25, -0.2) is 13.6 Å². The molecule has 0 spiro atoms. The van der Waals surface area contributed by atoms with E-state index in [4.69, 9.17) is 0 Å². The van der Waals surface area contributed by atoms with Crippen LogP contribution in [0.5, 0.6) is 0 Å². The highest BCUT2D eigenvalue weighted by molar-refractivity contribution is 5.89. The van der Waals surface area contributed by atoms with E-state index in [1.54, 1.807) is 36.1 Å². The number of rotatable bonds is 10. The van der Waals surface area contributed by atoms with Crippen molar-refractivity contribution in [2.75, 3.05) is 31.5 Å². The number of halogens is 2. The highest BCUT2D eigenvalue weighted by Gasteiger charge is 2.29. The molecule has 35 heavy (non-hydrogen) atoms. The number of hydrogen-bond acceptors (Lipinski definition) is 4. The van der Waals surface area contributed by atoms with Gasteiger partial charge in [-0.15, -0.1) is 0 Å². The van der Waals surface area contributed by atoms with E-state index < -0.39 is 17.2 Å². The van der Waals surface area contributed by atoms with Crippen molar-refractivity contribution in [2.24, 2.45) is 0 Å². The molecular weight excluding hydrogens is 450 g/mol. The number of nitriles is 1. The van der Waals surface area contributed by atoms with E-state index in [1.165, 1.54) is 6.07 Å². The molecule has 8 heteroatoms. The van der Waals surface area contributed by atoms with Crippen LogP contribution in [0.25, 0.3) is 0 Å². The van der Waals surface area contributed by atoms with E-state index in [-0.39, 0.29) is 17.8 Å². The number of nitrogens with one attached hydrogen (secondary N) is 1. The van der Waals surface area contributed by atoms with Crippen LogP contribution in [-0.2, 0) is 5.60 Å². The van der Waals surface area contributed by atoms with Gasteiger partial charge in [-0.05, 0) is 81.9 Å². The first-order valence-electron chi connectivity index (χ1n) is 12.2. The first-order chi connectivity index (χ1) is 16.7. The van der Waals surface area contributed by atoms with Gasteiger partial charge in [-0.1, -0.05) is 19.1 Å². The van der Waals surface area contributed by atoms with Crippen LogP contribution < -0.4 is 5.32 Å². The zero-order chi connectivity index (χ0) is 25.4. The number of benzene rings is 2. The molecular formula is C27H34F2N4O2. The summed E-state index contributed by atoms with van der Waals surface area (Å²) >= 11 is 0. The molecule has 0 saturated carbocycles. The molecule has 2 amide bonds. The summed E-state index contributed by atoms with van der Waals surface area (Å²) in [7, 11) is 0. The molecule has 1 heterocycles. The average molecular weight is 485 g/mol. The van der Waals surface area contributed by atoms with Crippen molar-refractivity contribution < 1.29 is 18.7 Å². The molecule has 1 aliphatic heterocycles. The minimum Gasteiger partial charge on any atom is -0.385 e. The SMILES string of the molecule is CC[C@H](CC[C@](C)(O)c1cccc(C#N)c1)N(CCN1CCCC1)C(=O)Nc1ccc(F)c(F)c1. The van der Waals surface area contributed by atoms with Gasteiger partial charge in [0.2, 0.25) is 0 Å². The van der Waals surface area contributed by atoms with Gasteiger partial charge in [0, 0.05) is 30.9 Å². The van der Waals surface area contributed by atoms with Gasteiger partial charge >= 0.3 is 6.03 Å². The Morgan fingerprint density at radius 2 is 1.97 bits per heavy atom. The third-order valence-corrected chi connectivity index (χ3v) is 6.78. The molecule has 1 saturated heterocycles. The number of carbonyl (C=O) groups is 1. The van der Waals surface area contributed by atoms with E-state index in [0.717, 1.165) is 44.6 Å². The average Bonchev–Trinajstić information content (AvgIpc) is 3.37. The lowest BCUT2D eigenvalue weighted by Gasteiger charge is -2.35. The highest BCUT2D eigenvalue weighted by atomic mass is 19.2. The maximum absolute atomic E-state index is 13.7. The zero-order valence-electron chi connectivity index (χ0n) is 20.4. The summed E-state index contributed by atoms with van der Waals surface area (Å²) in [4.78, 5) is 17.3. The molecule has 0 bridgehead atoms. The maximum Gasteiger partial charge on any atom is 0.322 e. The monoisotopic (exact) mass is 484 g/mol. The topological polar surface area (TPSA) is 79.6 Å². The van der Waals surface area contributed by atoms with E-state index in [9.17, 15) is 23.9 Å². The summed E-state index contributed by atoms with van der Waals surface area (Å²) in [5, 5.41) is 23.0. The molecule has 2 aromatic carbocycles. The molecule has 0 aromatic heterocycles. The minimum absolute atomic E-state index is 0.173. The fourth-order valence-corrected chi connectivity index (χ4v) is 4.57. The quantitative estimate of drug-likeness (QED) is 0.484. The van der Waals surface area contributed by atoms with Crippen molar-refractivity contribution in [3.05, 3.63) is 65.2 Å². The summed E-state index contributed by atoms with van der Waals surface area (Å²) < 4.78 is 27.0. The van der Waals surface area contributed by atoms with Crippen LogP contribution in [0.15, 0.2) is 42.5 Å². The summed E-state index contributed by atoms with van der Waals surface area (Å²) in [5.41, 5.74) is 0.154. The Labute approximate surface area is 206 Å². The third kappa shape index (κ3) is 7.23. The number of aliphatic hydroxyl groups is 1. The number of carbonyl (C=O) groups excluding carboxylic acids is 1. The number of likely N-dealkylation sites (tertiary alicyclic amines) is 1. The molecule has 0 unspecified atom stereocenters. The molecule has 1 fully saturated rings. The van der Waals surface area contributed by atoms with E-state index in [0.29, 0.717) is 36.9 Å². The fourth-order valence-electron chi connectivity index (χ4n) is 4.57. The Morgan fingerprint density at radius 3 is 2.63 bits per heavy atom. The largest absolute Gasteiger partial charge is 0.385 e. The molecule has 2 aromatic rings. The van der Waals surface area contributed by atoms with Crippen LogP contribution in [0.4, 0.5) is 19.3 Å². The lowest BCUT2D eigenvalue weighted by Crippen LogP contribution is -2.46. The maximum atomic E-state index is 13.7. The van der Waals surface area contributed by atoms with Crippen LogP contribution in [0.2, 0.25) is 0 Å². The van der Waals surface area contributed by atoms with E-state index in [2.05, 4.69) is 16.3 Å². The van der Waals surface area contributed by atoms with Gasteiger partial charge in [0.15, 0.2) is 11.6 Å². The first kappa shape index (κ1) is 26.6. The van der Waals surface area contributed by atoms with Crippen molar-refractivity contribution in [1.82, 2.24) is 9.80 Å². The van der Waals surface area contributed by atoms with Crippen LogP contribution in [0.1, 0.15) is 57.1 Å². The second kappa shape index (κ2) is 12.1. The lowest BCUT2D eigenvalue weighted by atomic mass is 9.88. The number of urea groups is 1. The number of amides is 2. The second-order valence-corrected chi connectivity index (χ2v) is 9.37. The Morgan fingerprint density at radius 1 is 1.23 bits per heavy atom. The van der Waals surface area contributed by atoms with Crippen molar-refractivity contribution in [1.29, 1.82) is 5.26 Å². The van der Waals surface area contributed by atoms with Crippen LogP contribution in [0, 0.1) is 23.0 Å². The standard InChI is InChI=1S/C27H34F2N4O2/c1-3-23(11-12-27(2,35)21-8-6-7-20(17-21)19-30)33(16-15-32-13-4-5-14-32)26(34)31-22-9-10-24(28)25(29)18-22/h6-10,17-18,23,35H,3-5,11-16H2,1-2H3,(H,31,34)/t23-,27+/m1/s1. The first-order valence-corrected chi connectivity index (χ1v) is 12.2. The van der Waals surface area contributed by atoms with Crippen molar-refractivity contribution >= 4 is 11.7 Å². The molecule has 2 atom stereocenters. The van der Waals surface area contributed by atoms with Crippen molar-refractivity contribution in [3.8, 4) is 6.07 Å². The Balaban J connectivity index is 1.74. The number of anilines is 1. The zero-order valence-corrected chi connectivity index (χ0v) is 20.4. The van der Waals surface area contributed by atoms with Gasteiger partial charge < -0.3 is 20.2 Å². The Hall–Kier alpha value is -3.02. The van der Waals surface area contributed by atoms with Gasteiger partial charge in [0.25, 0.3) is 0 Å². The normalized spacial score (nSPS) is 16.3. The van der Waals surface area contributed by atoms with Gasteiger partial charge in [-0.3, -0.25) is 0 Å². The fraction of sp³-hybridized carbons (Fsp3) is 0.481. The predicted molar refractivity (Wildman–Crippen MR) is 132 cm³/mol. The summed E-state index contributed by atoms with van der Waals surface area (Å²) in [5.74, 6) is -1.99. The third-order valence-electron chi connectivity index (χ3n) is 6.78. The van der Waals surface area contributed by atoms with E-state index in [1.807, 2.05) is 6.92 Å². The molecule has 188 valence electrons. The molecule has 3 rings (SSSR count). The summed E-state index contributed by atoms with van der Waals surface area (Å²) in [6, 6.07) is 11.8. The van der Waals surface area contributed by atoms with Gasteiger partial charge in [0.1, 0.15) is 0 Å². The Kier molecular flexibility index (Phi) is 9.19. The summed E-state index contributed by atoms with van der Waals surface area (Å²) in [6.07, 6.45) is 3.87. The van der Waals surface area contributed by atoms with Crippen molar-refractivity contribution in [2.45, 2.75) is 57.6 Å². The Bertz CT molecular complexity index is 1050.